The van der Waals surface area contributed by atoms with Gasteiger partial charge in [-0.3, -0.25) is 0 Å². The van der Waals surface area contributed by atoms with Crippen LogP contribution in [0.1, 0.15) is 36.5 Å². The molecule has 2 aliphatic rings. The van der Waals surface area contributed by atoms with E-state index in [1.165, 1.54) is 33.5 Å². The molecule has 0 amide bonds. The Balaban J connectivity index is 1.72. The van der Waals surface area contributed by atoms with Crippen molar-refractivity contribution in [3.8, 4) is 0 Å². The van der Waals surface area contributed by atoms with Crippen molar-refractivity contribution < 1.29 is 0 Å². The fourth-order valence-electron chi connectivity index (χ4n) is 3.90. The summed E-state index contributed by atoms with van der Waals surface area (Å²) in [6.45, 7) is 4.33. The van der Waals surface area contributed by atoms with Crippen molar-refractivity contribution in [1.82, 2.24) is 0 Å². The summed E-state index contributed by atoms with van der Waals surface area (Å²) in [5.41, 5.74) is 8.01. The fourth-order valence-corrected chi connectivity index (χ4v) is 3.90. The normalized spacial score (nSPS) is 22.8. The molecule has 25 heavy (non-hydrogen) atoms. The van der Waals surface area contributed by atoms with E-state index >= 15 is 0 Å². The maximum atomic E-state index is 3.75. The van der Waals surface area contributed by atoms with Crippen LogP contribution in [0.4, 0.5) is 5.69 Å². The summed E-state index contributed by atoms with van der Waals surface area (Å²) in [7, 11) is 0. The first-order chi connectivity index (χ1) is 12.3. The van der Waals surface area contributed by atoms with Crippen LogP contribution in [0.5, 0.6) is 0 Å². The Kier molecular flexibility index (Phi) is 4.15. The molecular weight excluding hydrogens is 302 g/mol. The Morgan fingerprint density at radius 2 is 1.68 bits per heavy atom. The third kappa shape index (κ3) is 2.87. The van der Waals surface area contributed by atoms with E-state index in [4.69, 9.17) is 0 Å². The Labute approximate surface area is 150 Å². The largest absolute Gasteiger partial charge is 0.374 e. The third-order valence-corrected chi connectivity index (χ3v) is 5.12. The molecule has 2 atom stereocenters. The Hall–Kier alpha value is -2.80. The molecule has 1 N–H and O–H groups in total. The van der Waals surface area contributed by atoms with Crippen LogP contribution < -0.4 is 5.32 Å². The maximum Gasteiger partial charge on any atom is 0.0697 e. The number of nitrogens with one attached hydrogen (secondary N) is 1. The van der Waals surface area contributed by atoms with Crippen molar-refractivity contribution in [1.29, 1.82) is 0 Å². The average Bonchev–Trinajstić information content (AvgIpc) is 2.98. The van der Waals surface area contributed by atoms with E-state index in [1.807, 2.05) is 0 Å². The number of hydrogen-bond acceptors (Lipinski definition) is 1. The number of para-hydroxylation sites is 1. The van der Waals surface area contributed by atoms with Gasteiger partial charge in [-0.25, -0.2) is 0 Å². The molecule has 1 heteroatoms. The van der Waals surface area contributed by atoms with Crippen molar-refractivity contribution in [2.45, 2.75) is 25.8 Å². The monoisotopic (exact) mass is 325 g/mol. The van der Waals surface area contributed by atoms with Crippen LogP contribution in [0, 0.1) is 0 Å². The minimum absolute atomic E-state index is 0.220. The minimum Gasteiger partial charge on any atom is -0.374 e. The molecule has 0 aromatic heterocycles. The molecule has 4 rings (SSSR count). The Bertz CT molecular complexity index is 911. The van der Waals surface area contributed by atoms with Gasteiger partial charge in [-0.05, 0) is 42.2 Å². The molecule has 0 radical (unpaired) electrons. The van der Waals surface area contributed by atoms with Crippen LogP contribution in [0.15, 0.2) is 90.1 Å². The molecule has 2 aromatic carbocycles. The van der Waals surface area contributed by atoms with Gasteiger partial charge < -0.3 is 5.32 Å². The summed E-state index contributed by atoms with van der Waals surface area (Å²) in [5, 5.41) is 3.75. The predicted molar refractivity (Wildman–Crippen MR) is 108 cm³/mol. The van der Waals surface area contributed by atoms with Gasteiger partial charge in [0.2, 0.25) is 0 Å². The van der Waals surface area contributed by atoms with Crippen LogP contribution in [-0.4, -0.2) is 6.04 Å². The third-order valence-electron chi connectivity index (χ3n) is 5.12. The van der Waals surface area contributed by atoms with Crippen molar-refractivity contribution in [3.05, 3.63) is 107 Å². The van der Waals surface area contributed by atoms with Gasteiger partial charge in [0, 0.05) is 11.6 Å². The predicted octanol–water partition coefficient (Wildman–Crippen LogP) is 6.09. The highest BCUT2D eigenvalue weighted by Crippen LogP contribution is 2.43. The second kappa shape index (κ2) is 6.60. The zero-order valence-electron chi connectivity index (χ0n) is 14.7. The highest BCUT2D eigenvalue weighted by molar-refractivity contribution is 5.72. The number of fused-ring (bicyclic) bond motifs is 1. The highest BCUT2D eigenvalue weighted by atomic mass is 14.9. The van der Waals surface area contributed by atoms with Crippen LogP contribution >= 0.6 is 0 Å². The quantitative estimate of drug-likeness (QED) is 0.720. The van der Waals surface area contributed by atoms with Crippen molar-refractivity contribution in [3.63, 3.8) is 0 Å². The zero-order chi connectivity index (χ0) is 17.2. The second-order valence-corrected chi connectivity index (χ2v) is 6.69. The molecule has 2 aliphatic carbocycles. The van der Waals surface area contributed by atoms with E-state index in [2.05, 4.69) is 104 Å². The lowest BCUT2D eigenvalue weighted by Crippen LogP contribution is -2.21. The number of rotatable bonds is 3. The number of allylic oxidation sites excluding steroid dienone is 4. The molecule has 2 unspecified atom stereocenters. The van der Waals surface area contributed by atoms with Crippen molar-refractivity contribution in [2.75, 3.05) is 5.32 Å². The molecule has 124 valence electrons. The summed E-state index contributed by atoms with van der Waals surface area (Å²) in [6, 6.07) is 17.6. The molecule has 2 aromatic rings. The first-order valence-corrected chi connectivity index (χ1v) is 8.91. The van der Waals surface area contributed by atoms with Gasteiger partial charge in [0.25, 0.3) is 0 Å². The van der Waals surface area contributed by atoms with Crippen LogP contribution in [0.2, 0.25) is 0 Å². The molecule has 0 fully saturated rings. The molecule has 0 heterocycles. The van der Waals surface area contributed by atoms with Gasteiger partial charge in [-0.15, -0.1) is 0 Å². The van der Waals surface area contributed by atoms with Crippen molar-refractivity contribution >= 4 is 11.8 Å². The first-order valence-electron chi connectivity index (χ1n) is 8.91. The lowest BCUT2D eigenvalue weighted by molar-refractivity contribution is 0.959. The van der Waals surface area contributed by atoms with E-state index in [1.54, 1.807) is 0 Å². The van der Waals surface area contributed by atoms with E-state index < -0.39 is 0 Å². The summed E-state index contributed by atoms with van der Waals surface area (Å²) in [4.78, 5) is 0. The van der Waals surface area contributed by atoms with Crippen LogP contribution in [-0.2, 0) is 0 Å². The molecule has 0 bridgehead atoms. The average molecular weight is 325 g/mol. The van der Waals surface area contributed by atoms with Gasteiger partial charge in [-0.1, -0.05) is 84.5 Å². The molecule has 0 saturated heterocycles. The molecule has 0 aliphatic heterocycles. The number of benzene rings is 2. The summed E-state index contributed by atoms with van der Waals surface area (Å²) >= 11 is 0. The second-order valence-electron chi connectivity index (χ2n) is 6.69. The van der Waals surface area contributed by atoms with E-state index in [0.29, 0.717) is 5.92 Å². The van der Waals surface area contributed by atoms with E-state index in [-0.39, 0.29) is 6.04 Å². The smallest absolute Gasteiger partial charge is 0.0697 e. The number of anilines is 1. The maximum absolute atomic E-state index is 3.75. The zero-order valence-corrected chi connectivity index (χ0v) is 14.7. The fraction of sp³-hybridized carbons (Fsp3) is 0.167. The Morgan fingerprint density at radius 3 is 2.52 bits per heavy atom. The van der Waals surface area contributed by atoms with Gasteiger partial charge in [0.15, 0.2) is 0 Å². The van der Waals surface area contributed by atoms with E-state index in [9.17, 15) is 0 Å². The van der Waals surface area contributed by atoms with Crippen LogP contribution in [0.25, 0.3) is 6.08 Å². The standard InChI is InChI=1S/C24H23N/c1-3-18-10-5-8-14-22(18)25-23-15-9-7-13-21(23)24-17(2)16-19-11-4-6-12-20(19)24/h3-16,22,24-25H,1-2H3. The van der Waals surface area contributed by atoms with Gasteiger partial charge in [0.1, 0.15) is 0 Å². The van der Waals surface area contributed by atoms with Gasteiger partial charge >= 0.3 is 0 Å². The van der Waals surface area contributed by atoms with Crippen molar-refractivity contribution in [2.24, 2.45) is 0 Å². The Morgan fingerprint density at radius 1 is 0.920 bits per heavy atom. The van der Waals surface area contributed by atoms with Crippen LogP contribution in [0.3, 0.4) is 0 Å². The van der Waals surface area contributed by atoms with Gasteiger partial charge in [0.05, 0.1) is 6.04 Å². The number of hydrogen-bond donors (Lipinski definition) is 1. The highest BCUT2D eigenvalue weighted by Gasteiger charge is 2.26. The molecule has 1 nitrogen and oxygen atoms in total. The first kappa shape index (κ1) is 15.7. The lowest BCUT2D eigenvalue weighted by atomic mass is 9.87. The summed E-state index contributed by atoms with van der Waals surface area (Å²) < 4.78 is 0. The molecule has 0 saturated carbocycles. The molecule has 0 spiro atoms. The molecular formula is C24H23N. The topological polar surface area (TPSA) is 12.0 Å². The lowest BCUT2D eigenvalue weighted by Gasteiger charge is -2.25. The summed E-state index contributed by atoms with van der Waals surface area (Å²) in [6.07, 6.45) is 13.1. The minimum atomic E-state index is 0.220. The van der Waals surface area contributed by atoms with E-state index in [0.717, 1.165) is 0 Å². The SMILES string of the molecule is CC=C1C=CC=CC1Nc1ccccc1C1C(C)=Cc2ccccc21. The summed E-state index contributed by atoms with van der Waals surface area (Å²) in [5.74, 6) is 0.331. The van der Waals surface area contributed by atoms with Gasteiger partial charge in [-0.2, -0.15) is 0 Å².